The van der Waals surface area contributed by atoms with Gasteiger partial charge in [0.25, 0.3) is 0 Å². The third kappa shape index (κ3) is 4.71. The van der Waals surface area contributed by atoms with E-state index in [9.17, 15) is 16.8 Å². The third-order valence-electron chi connectivity index (χ3n) is 5.15. The maximum Gasteiger partial charge on any atom is 0.243 e. The van der Waals surface area contributed by atoms with Gasteiger partial charge >= 0.3 is 0 Å². The standard InChI is InChI=1S/C18H28N2O5S2/c1-14-11-19(12-15(2)25-14)13-16-5-4-10-20(16)27(23,24)18-8-6-17(7-9-18)26(3,21)22/h6-9,14-16H,4-5,10-13H2,1-3H3. The zero-order chi connectivity index (χ0) is 19.8. The molecular weight excluding hydrogens is 388 g/mol. The van der Waals surface area contributed by atoms with E-state index in [1.54, 1.807) is 4.31 Å². The quantitative estimate of drug-likeness (QED) is 0.721. The van der Waals surface area contributed by atoms with Gasteiger partial charge in [0.1, 0.15) is 0 Å². The second-order valence-corrected chi connectivity index (χ2v) is 11.5. The Kier molecular flexibility index (Phi) is 5.98. The highest BCUT2D eigenvalue weighted by Crippen LogP contribution is 2.28. The third-order valence-corrected chi connectivity index (χ3v) is 8.24. The second-order valence-electron chi connectivity index (χ2n) is 7.63. The van der Waals surface area contributed by atoms with Crippen molar-refractivity contribution in [1.29, 1.82) is 0 Å². The van der Waals surface area contributed by atoms with Gasteiger partial charge in [-0.25, -0.2) is 16.8 Å². The van der Waals surface area contributed by atoms with Crippen LogP contribution in [0.25, 0.3) is 0 Å². The highest BCUT2D eigenvalue weighted by atomic mass is 32.2. The molecule has 2 heterocycles. The van der Waals surface area contributed by atoms with E-state index in [0.717, 1.165) is 32.2 Å². The van der Waals surface area contributed by atoms with E-state index in [1.165, 1.54) is 24.3 Å². The number of sulfonamides is 1. The highest BCUT2D eigenvalue weighted by molar-refractivity contribution is 7.90. The average molecular weight is 417 g/mol. The SMILES string of the molecule is CC1CN(CC2CCCN2S(=O)(=O)c2ccc(S(C)(=O)=O)cc2)CC(C)O1. The summed E-state index contributed by atoms with van der Waals surface area (Å²) < 4.78 is 56.8. The zero-order valence-electron chi connectivity index (χ0n) is 16.0. The molecule has 2 saturated heterocycles. The molecule has 1 aromatic carbocycles. The largest absolute Gasteiger partial charge is 0.373 e. The summed E-state index contributed by atoms with van der Waals surface area (Å²) in [5.74, 6) is 0. The van der Waals surface area contributed by atoms with Crippen LogP contribution < -0.4 is 0 Å². The molecular formula is C18H28N2O5S2. The minimum absolute atomic E-state index is 0.0675. The second kappa shape index (κ2) is 7.79. The van der Waals surface area contributed by atoms with Crippen LogP contribution in [0.1, 0.15) is 26.7 Å². The fraction of sp³-hybridized carbons (Fsp3) is 0.667. The van der Waals surface area contributed by atoms with E-state index in [-0.39, 0.29) is 28.0 Å². The van der Waals surface area contributed by atoms with Gasteiger partial charge < -0.3 is 4.74 Å². The molecule has 3 unspecified atom stereocenters. The first-order valence-corrected chi connectivity index (χ1v) is 12.6. The summed E-state index contributed by atoms with van der Waals surface area (Å²) in [7, 11) is -7.00. The molecule has 9 heteroatoms. The lowest BCUT2D eigenvalue weighted by atomic mass is 10.1. The lowest BCUT2D eigenvalue weighted by molar-refractivity contribution is -0.0707. The first-order chi connectivity index (χ1) is 12.6. The zero-order valence-corrected chi connectivity index (χ0v) is 17.7. The van der Waals surface area contributed by atoms with Crippen LogP contribution in [0.15, 0.2) is 34.1 Å². The van der Waals surface area contributed by atoms with Crippen LogP contribution >= 0.6 is 0 Å². The Labute approximate surface area is 162 Å². The first kappa shape index (κ1) is 20.7. The molecule has 0 radical (unpaired) electrons. The topological polar surface area (TPSA) is 84.0 Å². The van der Waals surface area contributed by atoms with Crippen molar-refractivity contribution in [3.8, 4) is 0 Å². The van der Waals surface area contributed by atoms with Gasteiger partial charge in [0.05, 0.1) is 22.0 Å². The molecule has 0 aromatic heterocycles. The molecule has 2 aliphatic rings. The van der Waals surface area contributed by atoms with Crippen molar-refractivity contribution >= 4 is 19.9 Å². The molecule has 0 bridgehead atoms. The van der Waals surface area contributed by atoms with Crippen LogP contribution in [0, 0.1) is 0 Å². The normalized spacial score (nSPS) is 28.5. The number of morpholine rings is 1. The average Bonchev–Trinajstić information content (AvgIpc) is 3.02. The van der Waals surface area contributed by atoms with E-state index in [1.807, 2.05) is 13.8 Å². The number of ether oxygens (including phenoxy) is 1. The molecule has 0 aliphatic carbocycles. The lowest BCUT2D eigenvalue weighted by Crippen LogP contribution is -2.50. The van der Waals surface area contributed by atoms with Gasteiger partial charge in [-0.2, -0.15) is 4.31 Å². The molecule has 0 N–H and O–H groups in total. The molecule has 152 valence electrons. The van der Waals surface area contributed by atoms with Crippen LogP contribution in [0.2, 0.25) is 0 Å². The summed E-state index contributed by atoms with van der Waals surface area (Å²) in [6.07, 6.45) is 3.06. The molecule has 2 aliphatic heterocycles. The Balaban J connectivity index is 1.77. The highest BCUT2D eigenvalue weighted by Gasteiger charge is 2.37. The van der Waals surface area contributed by atoms with E-state index >= 15 is 0 Å². The number of rotatable bonds is 5. The number of hydrogen-bond donors (Lipinski definition) is 0. The number of nitrogens with zero attached hydrogens (tertiary/aromatic N) is 2. The van der Waals surface area contributed by atoms with E-state index in [0.29, 0.717) is 13.1 Å². The summed E-state index contributed by atoms with van der Waals surface area (Å²) in [4.78, 5) is 2.55. The van der Waals surface area contributed by atoms with Gasteiger partial charge in [-0.15, -0.1) is 0 Å². The minimum atomic E-state index is -3.65. The molecule has 0 amide bonds. The fourth-order valence-electron chi connectivity index (χ4n) is 4.03. The molecule has 1 aromatic rings. The van der Waals surface area contributed by atoms with E-state index in [2.05, 4.69) is 4.90 Å². The number of sulfone groups is 1. The lowest BCUT2D eigenvalue weighted by Gasteiger charge is -2.38. The Morgan fingerprint density at radius 1 is 1.00 bits per heavy atom. The number of hydrogen-bond acceptors (Lipinski definition) is 6. The molecule has 3 rings (SSSR count). The van der Waals surface area contributed by atoms with Crippen molar-refractivity contribution in [3.05, 3.63) is 24.3 Å². The van der Waals surface area contributed by atoms with Gasteiger partial charge in [0, 0.05) is 38.5 Å². The van der Waals surface area contributed by atoms with Crippen LogP contribution in [0.5, 0.6) is 0 Å². The molecule has 27 heavy (non-hydrogen) atoms. The van der Waals surface area contributed by atoms with Crippen molar-refractivity contribution in [2.75, 3.05) is 32.4 Å². The summed E-state index contributed by atoms with van der Waals surface area (Å²) in [6, 6.07) is 5.43. The van der Waals surface area contributed by atoms with Crippen LogP contribution in [-0.2, 0) is 24.6 Å². The molecule has 3 atom stereocenters. The summed E-state index contributed by atoms with van der Waals surface area (Å²) in [6.45, 7) is 6.87. The van der Waals surface area contributed by atoms with Crippen LogP contribution in [-0.4, -0.2) is 76.7 Å². The van der Waals surface area contributed by atoms with Gasteiger partial charge in [0.2, 0.25) is 10.0 Å². The van der Waals surface area contributed by atoms with Gasteiger partial charge in [0.15, 0.2) is 9.84 Å². The predicted molar refractivity (Wildman–Crippen MR) is 103 cm³/mol. The van der Waals surface area contributed by atoms with Crippen molar-refractivity contribution in [3.63, 3.8) is 0 Å². The molecule has 0 saturated carbocycles. The van der Waals surface area contributed by atoms with Gasteiger partial charge in [-0.05, 0) is 51.0 Å². The van der Waals surface area contributed by atoms with Gasteiger partial charge in [-0.1, -0.05) is 0 Å². The predicted octanol–water partition coefficient (Wildman–Crippen LogP) is 1.35. The maximum atomic E-state index is 13.1. The Bertz CT molecular complexity index is 858. The smallest absolute Gasteiger partial charge is 0.243 e. The molecule has 2 fully saturated rings. The maximum absolute atomic E-state index is 13.1. The van der Waals surface area contributed by atoms with Crippen LogP contribution in [0.3, 0.4) is 0 Å². The summed E-state index contributed by atoms with van der Waals surface area (Å²) >= 11 is 0. The van der Waals surface area contributed by atoms with E-state index < -0.39 is 19.9 Å². The van der Waals surface area contributed by atoms with Gasteiger partial charge in [-0.3, -0.25) is 4.90 Å². The Hall–Kier alpha value is -1.00. The van der Waals surface area contributed by atoms with Crippen molar-refractivity contribution in [1.82, 2.24) is 9.21 Å². The summed E-state index contributed by atoms with van der Waals surface area (Å²) in [5.41, 5.74) is 0. The Morgan fingerprint density at radius 3 is 2.11 bits per heavy atom. The van der Waals surface area contributed by atoms with Crippen molar-refractivity contribution in [2.24, 2.45) is 0 Å². The molecule has 0 spiro atoms. The summed E-state index contributed by atoms with van der Waals surface area (Å²) in [5, 5.41) is 0. The number of benzene rings is 1. The first-order valence-electron chi connectivity index (χ1n) is 9.27. The van der Waals surface area contributed by atoms with Crippen LogP contribution in [0.4, 0.5) is 0 Å². The van der Waals surface area contributed by atoms with Crippen molar-refractivity contribution < 1.29 is 21.6 Å². The fourth-order valence-corrected chi connectivity index (χ4v) is 6.35. The Morgan fingerprint density at radius 2 is 1.56 bits per heavy atom. The monoisotopic (exact) mass is 416 g/mol. The molecule has 7 nitrogen and oxygen atoms in total. The van der Waals surface area contributed by atoms with Crippen molar-refractivity contribution in [2.45, 2.75) is 54.7 Å². The van der Waals surface area contributed by atoms with E-state index in [4.69, 9.17) is 4.74 Å². The minimum Gasteiger partial charge on any atom is -0.373 e.